The molecule has 206 valence electrons. The number of urea groups is 1. The highest BCUT2D eigenvalue weighted by Gasteiger charge is 2.33. The van der Waals surface area contributed by atoms with E-state index in [2.05, 4.69) is 30.7 Å². The van der Waals surface area contributed by atoms with Crippen LogP contribution in [0.5, 0.6) is 0 Å². The number of benzene rings is 1. The van der Waals surface area contributed by atoms with Gasteiger partial charge in [0.2, 0.25) is 0 Å². The van der Waals surface area contributed by atoms with E-state index in [9.17, 15) is 13.2 Å². The second-order valence-electron chi connectivity index (χ2n) is 11.1. The fourth-order valence-electron chi connectivity index (χ4n) is 5.03. The van der Waals surface area contributed by atoms with E-state index in [0.29, 0.717) is 31.2 Å². The van der Waals surface area contributed by atoms with E-state index in [1.165, 1.54) is 8.61 Å². The minimum Gasteiger partial charge on any atom is -0.381 e. The maximum Gasteiger partial charge on any atom is 0.317 e. The van der Waals surface area contributed by atoms with Crippen LogP contribution in [-0.2, 0) is 26.9 Å². The number of carbonyl (C=O) groups is 1. The quantitative estimate of drug-likeness (QED) is 0.588. The van der Waals surface area contributed by atoms with Crippen LogP contribution >= 0.6 is 0 Å². The highest BCUT2D eigenvalue weighted by atomic mass is 32.2. The number of hydrogen-bond acceptors (Lipinski definition) is 5. The van der Waals surface area contributed by atoms with Crippen molar-refractivity contribution >= 4 is 33.0 Å². The Balaban J connectivity index is 1.54. The van der Waals surface area contributed by atoms with E-state index in [4.69, 9.17) is 9.72 Å². The van der Waals surface area contributed by atoms with Crippen molar-refractivity contribution in [3.8, 4) is 0 Å². The second kappa shape index (κ2) is 11.2. The summed E-state index contributed by atoms with van der Waals surface area (Å²) < 4.78 is 37.6. The SMILES string of the molecule is CCCNC(=O)N1CCN(S(=O)(=O)N(C)c2ccc3c(c2)nc(C(C)(C)C)n3CC2CCOCC2)CC1. The predicted molar refractivity (Wildman–Crippen MR) is 146 cm³/mol. The summed E-state index contributed by atoms with van der Waals surface area (Å²) in [5.41, 5.74) is 2.25. The third kappa shape index (κ3) is 6.04. The molecule has 1 N–H and O–H groups in total. The Bertz CT molecular complexity index is 1190. The van der Waals surface area contributed by atoms with Crippen molar-refractivity contribution in [2.45, 2.75) is 58.9 Å². The van der Waals surface area contributed by atoms with Gasteiger partial charge in [0.25, 0.3) is 0 Å². The summed E-state index contributed by atoms with van der Waals surface area (Å²) in [4.78, 5) is 18.9. The number of anilines is 1. The lowest BCUT2D eigenvalue weighted by Gasteiger charge is -2.36. The Morgan fingerprint density at radius 1 is 1.16 bits per heavy atom. The Labute approximate surface area is 221 Å². The summed E-state index contributed by atoms with van der Waals surface area (Å²) in [5, 5.41) is 2.86. The second-order valence-corrected chi connectivity index (χ2v) is 13.1. The summed E-state index contributed by atoms with van der Waals surface area (Å²) in [5.74, 6) is 1.55. The van der Waals surface area contributed by atoms with Crippen molar-refractivity contribution in [3.63, 3.8) is 0 Å². The molecule has 2 aliphatic heterocycles. The molecule has 2 saturated heterocycles. The molecule has 1 aromatic carbocycles. The van der Waals surface area contributed by atoms with Gasteiger partial charge in [-0.05, 0) is 43.4 Å². The molecule has 11 heteroatoms. The molecule has 3 heterocycles. The first-order valence-corrected chi connectivity index (χ1v) is 14.8. The Kier molecular flexibility index (Phi) is 8.35. The maximum atomic E-state index is 13.5. The van der Waals surface area contributed by atoms with Crippen LogP contribution in [0, 0.1) is 5.92 Å². The highest BCUT2D eigenvalue weighted by molar-refractivity contribution is 7.90. The van der Waals surface area contributed by atoms with Gasteiger partial charge in [-0.1, -0.05) is 27.7 Å². The molecule has 2 amide bonds. The molecule has 0 unspecified atom stereocenters. The average molecular weight is 535 g/mol. The minimum atomic E-state index is -3.74. The number of amides is 2. The van der Waals surface area contributed by atoms with Crippen molar-refractivity contribution in [1.29, 1.82) is 0 Å². The van der Waals surface area contributed by atoms with E-state index in [0.717, 1.165) is 55.9 Å². The van der Waals surface area contributed by atoms with Gasteiger partial charge in [0.1, 0.15) is 5.82 Å². The summed E-state index contributed by atoms with van der Waals surface area (Å²) in [7, 11) is -2.16. The van der Waals surface area contributed by atoms with Crippen LogP contribution in [-0.4, -0.2) is 86.2 Å². The van der Waals surface area contributed by atoms with Crippen LogP contribution in [0.25, 0.3) is 11.0 Å². The number of ether oxygens (including phenoxy) is 1. The van der Waals surface area contributed by atoms with Gasteiger partial charge in [0.15, 0.2) is 0 Å². The average Bonchev–Trinajstić information content (AvgIpc) is 3.25. The smallest absolute Gasteiger partial charge is 0.317 e. The van der Waals surface area contributed by atoms with Gasteiger partial charge in [-0.15, -0.1) is 0 Å². The van der Waals surface area contributed by atoms with Gasteiger partial charge in [-0.25, -0.2) is 9.78 Å². The zero-order valence-electron chi connectivity index (χ0n) is 22.9. The van der Waals surface area contributed by atoms with Crippen LogP contribution < -0.4 is 9.62 Å². The number of imidazole rings is 1. The molecular weight excluding hydrogens is 492 g/mol. The Morgan fingerprint density at radius 2 is 1.84 bits per heavy atom. The molecular formula is C26H42N6O4S. The number of rotatable bonds is 7. The zero-order chi connectivity index (χ0) is 26.8. The minimum absolute atomic E-state index is 0.135. The van der Waals surface area contributed by atoms with Crippen molar-refractivity contribution < 1.29 is 17.9 Å². The lowest BCUT2D eigenvalue weighted by Crippen LogP contribution is -2.55. The first-order valence-electron chi connectivity index (χ1n) is 13.4. The normalized spacial score (nSPS) is 18.4. The highest BCUT2D eigenvalue weighted by Crippen LogP contribution is 2.32. The summed E-state index contributed by atoms with van der Waals surface area (Å²) in [6, 6.07) is 5.59. The van der Waals surface area contributed by atoms with Crippen LogP contribution in [0.3, 0.4) is 0 Å². The third-order valence-electron chi connectivity index (χ3n) is 7.27. The van der Waals surface area contributed by atoms with E-state index in [1.807, 2.05) is 25.1 Å². The number of fused-ring (bicyclic) bond motifs is 1. The number of piperazine rings is 1. The molecule has 0 atom stereocenters. The monoisotopic (exact) mass is 534 g/mol. The van der Waals surface area contributed by atoms with Gasteiger partial charge < -0.3 is 19.5 Å². The zero-order valence-corrected chi connectivity index (χ0v) is 23.7. The van der Waals surface area contributed by atoms with Crippen LogP contribution in [0.15, 0.2) is 18.2 Å². The molecule has 2 aromatic rings. The van der Waals surface area contributed by atoms with Crippen LogP contribution in [0.1, 0.15) is 52.8 Å². The molecule has 0 bridgehead atoms. The third-order valence-corrected chi connectivity index (χ3v) is 9.19. The number of aromatic nitrogens is 2. The van der Waals surface area contributed by atoms with Crippen molar-refractivity contribution in [2.75, 3.05) is 57.3 Å². The predicted octanol–water partition coefficient (Wildman–Crippen LogP) is 3.18. The molecule has 0 saturated carbocycles. The lowest BCUT2D eigenvalue weighted by atomic mass is 9.94. The van der Waals surface area contributed by atoms with Crippen LogP contribution in [0.4, 0.5) is 10.5 Å². The molecule has 0 aliphatic carbocycles. The van der Waals surface area contributed by atoms with Gasteiger partial charge in [0, 0.05) is 64.9 Å². The van der Waals surface area contributed by atoms with E-state index in [-0.39, 0.29) is 24.5 Å². The summed E-state index contributed by atoms with van der Waals surface area (Å²) in [6.45, 7) is 12.8. The van der Waals surface area contributed by atoms with Gasteiger partial charge in [-0.2, -0.15) is 12.7 Å². The van der Waals surface area contributed by atoms with Crippen molar-refractivity contribution in [3.05, 3.63) is 24.0 Å². The molecule has 10 nitrogen and oxygen atoms in total. The number of nitrogens with one attached hydrogen (secondary N) is 1. The van der Waals surface area contributed by atoms with Gasteiger partial charge in [0.05, 0.1) is 16.7 Å². The number of hydrogen-bond donors (Lipinski definition) is 1. The largest absolute Gasteiger partial charge is 0.381 e. The fraction of sp³-hybridized carbons (Fsp3) is 0.692. The molecule has 37 heavy (non-hydrogen) atoms. The van der Waals surface area contributed by atoms with Crippen molar-refractivity contribution in [1.82, 2.24) is 24.1 Å². The Hall–Kier alpha value is -2.37. The van der Waals surface area contributed by atoms with E-state index < -0.39 is 10.2 Å². The lowest BCUT2D eigenvalue weighted by molar-refractivity contribution is 0.0611. The van der Waals surface area contributed by atoms with E-state index >= 15 is 0 Å². The van der Waals surface area contributed by atoms with Crippen LogP contribution in [0.2, 0.25) is 0 Å². The number of carbonyl (C=O) groups excluding carboxylic acids is 1. The van der Waals surface area contributed by atoms with Gasteiger partial charge >= 0.3 is 16.2 Å². The standard InChI is InChI=1S/C26H42N6O4S/c1-6-11-27-25(33)30-12-14-31(15-13-30)37(34,35)29(5)21-7-8-23-22(18-21)28-24(26(2,3)4)32(23)19-20-9-16-36-17-10-20/h7-8,18,20H,6,9-17,19H2,1-5H3,(H,27,33). The molecule has 0 spiro atoms. The fourth-order valence-corrected chi connectivity index (χ4v) is 6.38. The Morgan fingerprint density at radius 3 is 2.46 bits per heavy atom. The number of nitrogens with zero attached hydrogens (tertiary/aromatic N) is 5. The molecule has 2 fully saturated rings. The first-order chi connectivity index (χ1) is 17.5. The molecule has 4 rings (SSSR count). The first kappa shape index (κ1) is 27.7. The van der Waals surface area contributed by atoms with E-state index in [1.54, 1.807) is 11.9 Å². The summed E-state index contributed by atoms with van der Waals surface area (Å²) >= 11 is 0. The summed E-state index contributed by atoms with van der Waals surface area (Å²) in [6.07, 6.45) is 2.94. The topological polar surface area (TPSA) is 100 Å². The van der Waals surface area contributed by atoms with Gasteiger partial charge in [-0.3, -0.25) is 4.31 Å². The maximum absolute atomic E-state index is 13.5. The van der Waals surface area contributed by atoms with Crippen molar-refractivity contribution in [2.24, 2.45) is 5.92 Å². The molecule has 0 radical (unpaired) electrons. The molecule has 2 aliphatic rings. The molecule has 1 aromatic heterocycles.